The second-order valence-corrected chi connectivity index (χ2v) is 7.62. The molecule has 1 atom stereocenters. The smallest absolute Gasteiger partial charge is 0.411 e. The fourth-order valence-electron chi connectivity index (χ4n) is 4.52. The monoisotopic (exact) mass is 353 g/mol. The van der Waals surface area contributed by atoms with E-state index >= 15 is 0 Å². The van der Waals surface area contributed by atoms with Gasteiger partial charge in [-0.3, -0.25) is 5.32 Å². The maximum atomic E-state index is 13.2. The van der Waals surface area contributed by atoms with Gasteiger partial charge in [0.25, 0.3) is 0 Å². The van der Waals surface area contributed by atoms with E-state index < -0.39 is 6.09 Å². The van der Waals surface area contributed by atoms with Crippen molar-refractivity contribution < 1.29 is 13.9 Å². The SMILES string of the molecule is O=C(Nc1cccc(F)c1)O[C@H]1CCC12CCC(c1ccccc1)CC2. The summed E-state index contributed by atoms with van der Waals surface area (Å²) in [6, 6.07) is 16.6. The Labute approximate surface area is 153 Å². The van der Waals surface area contributed by atoms with Crippen molar-refractivity contribution in [2.45, 2.75) is 50.5 Å². The zero-order valence-corrected chi connectivity index (χ0v) is 14.8. The molecule has 4 heteroatoms. The van der Waals surface area contributed by atoms with Crippen molar-refractivity contribution in [1.82, 2.24) is 0 Å². The molecule has 2 aliphatic rings. The topological polar surface area (TPSA) is 38.3 Å². The van der Waals surface area contributed by atoms with Crippen LogP contribution in [-0.2, 0) is 4.74 Å². The third-order valence-corrected chi connectivity index (χ3v) is 6.16. The van der Waals surface area contributed by atoms with Crippen molar-refractivity contribution in [2.24, 2.45) is 5.41 Å². The van der Waals surface area contributed by atoms with Gasteiger partial charge >= 0.3 is 6.09 Å². The van der Waals surface area contributed by atoms with Crippen LogP contribution in [0.25, 0.3) is 0 Å². The van der Waals surface area contributed by atoms with Crippen LogP contribution >= 0.6 is 0 Å². The first-order valence-corrected chi connectivity index (χ1v) is 9.43. The third-order valence-electron chi connectivity index (χ3n) is 6.16. The molecule has 1 N–H and O–H groups in total. The largest absolute Gasteiger partial charge is 0.445 e. The Hall–Kier alpha value is -2.36. The van der Waals surface area contributed by atoms with Gasteiger partial charge in [0.05, 0.1) is 0 Å². The van der Waals surface area contributed by atoms with Gasteiger partial charge in [-0.25, -0.2) is 9.18 Å². The van der Waals surface area contributed by atoms with Crippen LogP contribution in [-0.4, -0.2) is 12.2 Å². The molecule has 0 aliphatic heterocycles. The summed E-state index contributed by atoms with van der Waals surface area (Å²) in [7, 11) is 0. The number of hydrogen-bond donors (Lipinski definition) is 1. The van der Waals surface area contributed by atoms with Crippen LogP contribution < -0.4 is 5.32 Å². The summed E-state index contributed by atoms with van der Waals surface area (Å²) < 4.78 is 18.9. The second kappa shape index (κ2) is 7.10. The fourth-order valence-corrected chi connectivity index (χ4v) is 4.52. The molecule has 0 bridgehead atoms. The zero-order chi connectivity index (χ0) is 18.0. The molecular formula is C22H24FNO2. The molecule has 1 spiro atoms. The van der Waals surface area contributed by atoms with Gasteiger partial charge in [0, 0.05) is 11.1 Å². The van der Waals surface area contributed by atoms with E-state index in [4.69, 9.17) is 4.74 Å². The Kier molecular flexibility index (Phi) is 4.66. The van der Waals surface area contributed by atoms with Gasteiger partial charge in [0.15, 0.2) is 0 Å². The highest BCUT2D eigenvalue weighted by atomic mass is 19.1. The number of rotatable bonds is 3. The molecule has 2 aliphatic carbocycles. The summed E-state index contributed by atoms with van der Waals surface area (Å²) in [5.74, 6) is 0.242. The van der Waals surface area contributed by atoms with E-state index in [0.717, 1.165) is 38.5 Å². The maximum absolute atomic E-state index is 13.2. The molecule has 26 heavy (non-hydrogen) atoms. The minimum atomic E-state index is -0.482. The molecule has 2 saturated carbocycles. The summed E-state index contributed by atoms with van der Waals surface area (Å²) in [5, 5.41) is 2.64. The Morgan fingerprint density at radius 1 is 1.00 bits per heavy atom. The average molecular weight is 353 g/mol. The van der Waals surface area contributed by atoms with Crippen molar-refractivity contribution in [3.63, 3.8) is 0 Å². The van der Waals surface area contributed by atoms with Gasteiger partial charge in [-0.05, 0) is 68.2 Å². The lowest BCUT2D eigenvalue weighted by Crippen LogP contribution is -2.49. The van der Waals surface area contributed by atoms with Crippen LogP contribution in [0.2, 0.25) is 0 Å². The van der Waals surface area contributed by atoms with Gasteiger partial charge in [-0.15, -0.1) is 0 Å². The number of hydrogen-bond acceptors (Lipinski definition) is 2. The van der Waals surface area contributed by atoms with Crippen molar-refractivity contribution in [3.8, 4) is 0 Å². The minimum absolute atomic E-state index is 0.0206. The van der Waals surface area contributed by atoms with Crippen LogP contribution in [0.5, 0.6) is 0 Å². The first-order valence-electron chi connectivity index (χ1n) is 9.43. The highest BCUT2D eigenvalue weighted by Gasteiger charge is 2.50. The molecule has 0 aromatic heterocycles. The summed E-state index contributed by atoms with van der Waals surface area (Å²) in [4.78, 5) is 12.2. The lowest BCUT2D eigenvalue weighted by atomic mass is 9.56. The van der Waals surface area contributed by atoms with E-state index in [9.17, 15) is 9.18 Å². The van der Waals surface area contributed by atoms with E-state index in [1.165, 1.54) is 17.7 Å². The van der Waals surface area contributed by atoms with Crippen molar-refractivity contribution >= 4 is 11.8 Å². The van der Waals surface area contributed by atoms with Crippen molar-refractivity contribution in [2.75, 3.05) is 5.32 Å². The van der Waals surface area contributed by atoms with Crippen LogP contribution in [0.1, 0.15) is 50.0 Å². The van der Waals surface area contributed by atoms with Gasteiger partial charge < -0.3 is 4.74 Å². The number of anilines is 1. The van der Waals surface area contributed by atoms with Crippen LogP contribution in [0.3, 0.4) is 0 Å². The molecule has 0 radical (unpaired) electrons. The number of carbonyl (C=O) groups is 1. The highest BCUT2D eigenvalue weighted by molar-refractivity contribution is 5.84. The Balaban J connectivity index is 1.33. The molecule has 2 aromatic carbocycles. The Morgan fingerprint density at radius 2 is 1.73 bits per heavy atom. The second-order valence-electron chi connectivity index (χ2n) is 7.62. The summed E-state index contributed by atoms with van der Waals surface area (Å²) in [5.41, 5.74) is 1.99. The number of carbonyl (C=O) groups excluding carboxylic acids is 1. The molecule has 2 aromatic rings. The molecule has 136 valence electrons. The van der Waals surface area contributed by atoms with Crippen LogP contribution in [0, 0.1) is 11.2 Å². The first-order chi connectivity index (χ1) is 12.6. The van der Waals surface area contributed by atoms with Gasteiger partial charge in [-0.2, -0.15) is 0 Å². The predicted molar refractivity (Wildman–Crippen MR) is 99.6 cm³/mol. The molecule has 4 rings (SSSR count). The fraction of sp³-hybridized carbons (Fsp3) is 0.409. The third kappa shape index (κ3) is 3.46. The quantitative estimate of drug-likeness (QED) is 0.748. The van der Waals surface area contributed by atoms with E-state index in [1.54, 1.807) is 12.1 Å². The molecule has 0 heterocycles. The van der Waals surface area contributed by atoms with Gasteiger partial charge in [0.2, 0.25) is 0 Å². The summed E-state index contributed by atoms with van der Waals surface area (Å²) in [6.07, 6.45) is 6.05. The maximum Gasteiger partial charge on any atom is 0.411 e. The van der Waals surface area contributed by atoms with Crippen LogP contribution in [0.4, 0.5) is 14.9 Å². The average Bonchev–Trinajstić information content (AvgIpc) is 2.66. The first kappa shape index (κ1) is 17.1. The Bertz CT molecular complexity index is 769. The number of nitrogens with one attached hydrogen (secondary N) is 1. The van der Waals surface area contributed by atoms with E-state index in [-0.39, 0.29) is 17.3 Å². The Morgan fingerprint density at radius 3 is 2.38 bits per heavy atom. The molecule has 1 amide bonds. The van der Waals surface area contributed by atoms with Gasteiger partial charge in [0.1, 0.15) is 11.9 Å². The number of amides is 1. The van der Waals surface area contributed by atoms with Crippen molar-refractivity contribution in [1.29, 1.82) is 0 Å². The zero-order valence-electron chi connectivity index (χ0n) is 14.8. The standard InChI is InChI=1S/C22H24FNO2/c23-18-7-4-8-19(15-18)24-21(25)26-20-11-14-22(20)12-9-17(10-13-22)16-5-2-1-3-6-16/h1-8,15,17,20H,9-14H2,(H,24,25)/t17?,20-,22?/m0/s1. The minimum Gasteiger partial charge on any atom is -0.445 e. The summed E-state index contributed by atoms with van der Waals surface area (Å²) in [6.45, 7) is 0. The van der Waals surface area contributed by atoms with E-state index in [0.29, 0.717) is 11.6 Å². The lowest BCUT2D eigenvalue weighted by molar-refractivity contribution is -0.0915. The van der Waals surface area contributed by atoms with E-state index in [1.807, 2.05) is 0 Å². The molecule has 3 nitrogen and oxygen atoms in total. The van der Waals surface area contributed by atoms with E-state index in [2.05, 4.69) is 35.6 Å². The highest BCUT2D eigenvalue weighted by Crippen LogP contribution is 2.55. The number of ether oxygens (including phenoxy) is 1. The predicted octanol–water partition coefficient (Wildman–Crippen LogP) is 5.88. The van der Waals surface area contributed by atoms with Gasteiger partial charge in [-0.1, -0.05) is 36.4 Å². The molecule has 2 fully saturated rings. The normalized spacial score (nSPS) is 27.6. The molecular weight excluding hydrogens is 329 g/mol. The molecule has 0 saturated heterocycles. The summed E-state index contributed by atoms with van der Waals surface area (Å²) >= 11 is 0. The number of benzene rings is 2. The lowest BCUT2D eigenvalue weighted by Gasteiger charge is -2.52. The molecule has 0 unspecified atom stereocenters. The van der Waals surface area contributed by atoms with Crippen LogP contribution in [0.15, 0.2) is 54.6 Å². The van der Waals surface area contributed by atoms with Crippen molar-refractivity contribution in [3.05, 3.63) is 66.0 Å². The number of halogens is 1.